The molecule has 98 valence electrons. The van der Waals surface area contributed by atoms with Crippen LogP contribution in [0.1, 0.15) is 0 Å². The zero-order valence-corrected chi connectivity index (χ0v) is 10.4. The molecule has 1 aliphatic heterocycles. The summed E-state index contributed by atoms with van der Waals surface area (Å²) in [7, 11) is 0. The van der Waals surface area contributed by atoms with Gasteiger partial charge in [-0.1, -0.05) is 11.6 Å². The Morgan fingerprint density at radius 2 is 2.28 bits per heavy atom. The second-order valence-electron chi connectivity index (χ2n) is 4.21. The molecule has 0 aromatic heterocycles. The summed E-state index contributed by atoms with van der Waals surface area (Å²) in [4.78, 5) is 13.2. The number of aliphatic hydroxyl groups is 1. The van der Waals surface area contributed by atoms with E-state index in [4.69, 9.17) is 21.4 Å². The van der Waals surface area contributed by atoms with Crippen molar-refractivity contribution in [2.75, 3.05) is 26.3 Å². The number of hydrogen-bond acceptors (Lipinski definition) is 3. The highest BCUT2D eigenvalue weighted by molar-refractivity contribution is 6.32. The number of hydrogen-bond donors (Lipinski definition) is 1. The Bertz CT molecular complexity index is 449. The molecule has 0 atom stereocenters. The van der Waals surface area contributed by atoms with Crippen LogP contribution in [0.2, 0.25) is 5.02 Å². The average molecular weight is 274 g/mol. The van der Waals surface area contributed by atoms with E-state index in [0.29, 0.717) is 13.1 Å². The summed E-state index contributed by atoms with van der Waals surface area (Å²) < 4.78 is 18.0. The molecule has 0 bridgehead atoms. The average Bonchev–Trinajstić information content (AvgIpc) is 2.26. The Kier molecular flexibility index (Phi) is 4.04. The molecule has 1 amide bonds. The maximum absolute atomic E-state index is 12.8. The molecule has 0 radical (unpaired) electrons. The molecule has 1 N–H and O–H groups in total. The minimum atomic E-state index is -0.452. The van der Waals surface area contributed by atoms with Crippen LogP contribution < -0.4 is 4.74 Å². The maximum atomic E-state index is 12.8. The van der Waals surface area contributed by atoms with Crippen molar-refractivity contribution in [3.8, 4) is 5.75 Å². The van der Waals surface area contributed by atoms with Gasteiger partial charge in [-0.3, -0.25) is 4.79 Å². The van der Waals surface area contributed by atoms with Crippen LogP contribution in [0.5, 0.6) is 5.75 Å². The molecule has 1 heterocycles. The van der Waals surface area contributed by atoms with Crippen molar-refractivity contribution in [1.29, 1.82) is 0 Å². The lowest BCUT2D eigenvalue weighted by molar-refractivity contribution is -0.140. The summed E-state index contributed by atoms with van der Waals surface area (Å²) in [5, 5.41) is 8.97. The normalized spacial score (nSPS) is 15.4. The first-order valence-electron chi connectivity index (χ1n) is 5.56. The molecule has 1 saturated heterocycles. The summed E-state index contributed by atoms with van der Waals surface area (Å²) in [5.41, 5.74) is 0. The minimum Gasteiger partial charge on any atom is -0.482 e. The van der Waals surface area contributed by atoms with Crippen LogP contribution in [-0.2, 0) is 4.79 Å². The maximum Gasteiger partial charge on any atom is 0.260 e. The quantitative estimate of drug-likeness (QED) is 0.900. The van der Waals surface area contributed by atoms with E-state index in [1.165, 1.54) is 12.1 Å². The summed E-state index contributed by atoms with van der Waals surface area (Å²) in [6.45, 7) is 1.06. The molecular weight excluding hydrogens is 261 g/mol. The molecule has 1 aromatic rings. The number of ether oxygens (including phenoxy) is 1. The van der Waals surface area contributed by atoms with Gasteiger partial charge in [-0.15, -0.1) is 0 Å². The predicted molar refractivity (Wildman–Crippen MR) is 64.1 cm³/mol. The molecular formula is C12H13ClFNO3. The molecule has 6 heteroatoms. The lowest BCUT2D eigenvalue weighted by Gasteiger charge is -2.38. The Hall–Kier alpha value is -1.33. The highest BCUT2D eigenvalue weighted by Gasteiger charge is 2.29. The second kappa shape index (κ2) is 5.54. The van der Waals surface area contributed by atoms with Crippen molar-refractivity contribution in [3.05, 3.63) is 29.0 Å². The second-order valence-corrected chi connectivity index (χ2v) is 4.62. The number of rotatable bonds is 4. The Morgan fingerprint density at radius 1 is 1.56 bits per heavy atom. The molecule has 2 rings (SSSR count). The Balaban J connectivity index is 1.83. The monoisotopic (exact) mass is 273 g/mol. The molecule has 0 unspecified atom stereocenters. The standard InChI is InChI=1S/C12H13ClFNO3/c13-10-3-9(14)1-2-11(10)18-7-12(17)15-4-8(5-15)6-16/h1-3,8,16H,4-7H2. The van der Waals surface area contributed by atoms with Crippen LogP contribution in [0.3, 0.4) is 0 Å². The fourth-order valence-electron chi connectivity index (χ4n) is 1.71. The van der Waals surface area contributed by atoms with Crippen molar-refractivity contribution in [2.24, 2.45) is 5.92 Å². The van der Waals surface area contributed by atoms with Crippen molar-refractivity contribution in [2.45, 2.75) is 0 Å². The number of halogens is 2. The zero-order valence-electron chi connectivity index (χ0n) is 9.60. The largest absolute Gasteiger partial charge is 0.482 e. The number of carbonyl (C=O) groups is 1. The lowest BCUT2D eigenvalue weighted by atomic mass is 10.0. The van der Waals surface area contributed by atoms with Crippen LogP contribution >= 0.6 is 11.6 Å². The molecule has 4 nitrogen and oxygen atoms in total. The summed E-state index contributed by atoms with van der Waals surface area (Å²) in [6, 6.07) is 3.74. The highest BCUT2D eigenvalue weighted by Crippen LogP contribution is 2.25. The van der Waals surface area contributed by atoms with E-state index in [0.717, 1.165) is 6.07 Å². The number of aliphatic hydroxyl groups excluding tert-OH is 1. The topological polar surface area (TPSA) is 49.8 Å². The van der Waals surface area contributed by atoms with Crippen LogP contribution in [0.15, 0.2) is 18.2 Å². The molecule has 18 heavy (non-hydrogen) atoms. The molecule has 1 aromatic carbocycles. The molecule has 1 aliphatic rings. The number of benzene rings is 1. The number of amides is 1. The van der Waals surface area contributed by atoms with Crippen molar-refractivity contribution < 1.29 is 19.0 Å². The minimum absolute atomic E-state index is 0.0917. The van der Waals surface area contributed by atoms with E-state index in [2.05, 4.69) is 0 Å². The fraction of sp³-hybridized carbons (Fsp3) is 0.417. The lowest BCUT2D eigenvalue weighted by Crippen LogP contribution is -2.52. The van der Waals surface area contributed by atoms with Gasteiger partial charge in [0.15, 0.2) is 6.61 Å². The Labute approximate surface area is 109 Å². The highest BCUT2D eigenvalue weighted by atomic mass is 35.5. The van der Waals surface area contributed by atoms with Crippen LogP contribution in [-0.4, -0.2) is 42.2 Å². The number of likely N-dealkylation sites (tertiary alicyclic amines) is 1. The third-order valence-corrected chi connectivity index (χ3v) is 3.11. The van der Waals surface area contributed by atoms with E-state index in [1.807, 2.05) is 0 Å². The van der Waals surface area contributed by atoms with Gasteiger partial charge in [0.25, 0.3) is 5.91 Å². The van der Waals surface area contributed by atoms with Gasteiger partial charge < -0.3 is 14.7 Å². The smallest absolute Gasteiger partial charge is 0.260 e. The van der Waals surface area contributed by atoms with E-state index < -0.39 is 5.82 Å². The van der Waals surface area contributed by atoms with Crippen molar-refractivity contribution in [3.63, 3.8) is 0 Å². The molecule has 1 fully saturated rings. The third kappa shape index (κ3) is 2.91. The van der Waals surface area contributed by atoms with Gasteiger partial charge in [-0.2, -0.15) is 0 Å². The van der Waals surface area contributed by atoms with Gasteiger partial charge in [0.2, 0.25) is 0 Å². The fourth-order valence-corrected chi connectivity index (χ4v) is 1.93. The van der Waals surface area contributed by atoms with E-state index in [9.17, 15) is 9.18 Å². The SMILES string of the molecule is O=C(COc1ccc(F)cc1Cl)N1CC(CO)C1. The summed E-state index contributed by atoms with van der Waals surface area (Å²) in [5.74, 6) is -0.165. The van der Waals surface area contributed by atoms with Crippen LogP contribution in [0, 0.1) is 11.7 Å². The van der Waals surface area contributed by atoms with E-state index in [1.54, 1.807) is 4.90 Å². The third-order valence-electron chi connectivity index (χ3n) is 2.81. The van der Waals surface area contributed by atoms with Gasteiger partial charge in [0, 0.05) is 25.6 Å². The van der Waals surface area contributed by atoms with Crippen molar-refractivity contribution in [1.82, 2.24) is 4.90 Å². The van der Waals surface area contributed by atoms with Gasteiger partial charge in [0.05, 0.1) is 5.02 Å². The summed E-state index contributed by atoms with van der Waals surface area (Å²) >= 11 is 5.76. The van der Waals surface area contributed by atoms with Gasteiger partial charge >= 0.3 is 0 Å². The number of nitrogens with zero attached hydrogens (tertiary/aromatic N) is 1. The first-order chi connectivity index (χ1) is 8.60. The van der Waals surface area contributed by atoms with E-state index >= 15 is 0 Å². The zero-order chi connectivity index (χ0) is 13.1. The van der Waals surface area contributed by atoms with Crippen LogP contribution in [0.25, 0.3) is 0 Å². The van der Waals surface area contributed by atoms with Gasteiger partial charge in [0.1, 0.15) is 11.6 Å². The first-order valence-corrected chi connectivity index (χ1v) is 5.94. The van der Waals surface area contributed by atoms with Gasteiger partial charge in [-0.25, -0.2) is 4.39 Å². The molecule has 0 spiro atoms. The molecule has 0 saturated carbocycles. The Morgan fingerprint density at radius 3 is 2.89 bits per heavy atom. The molecule has 0 aliphatic carbocycles. The van der Waals surface area contributed by atoms with E-state index in [-0.39, 0.29) is 35.8 Å². The number of carbonyl (C=O) groups excluding carboxylic acids is 1. The predicted octanol–water partition coefficient (Wildman–Crippen LogP) is 1.31. The van der Waals surface area contributed by atoms with Gasteiger partial charge in [-0.05, 0) is 18.2 Å². The van der Waals surface area contributed by atoms with Crippen LogP contribution in [0.4, 0.5) is 4.39 Å². The first kappa shape index (κ1) is 13.1. The summed E-state index contributed by atoms with van der Waals surface area (Å²) in [6.07, 6.45) is 0. The van der Waals surface area contributed by atoms with Crippen molar-refractivity contribution >= 4 is 17.5 Å².